The number of aliphatic hydroxyl groups is 2. The van der Waals surface area contributed by atoms with Crippen LogP contribution < -0.4 is 20.3 Å². The van der Waals surface area contributed by atoms with Gasteiger partial charge in [-0.25, -0.2) is 4.39 Å². The molecule has 2 saturated heterocycles. The van der Waals surface area contributed by atoms with Crippen LogP contribution in [0.25, 0.3) is 0 Å². The number of rotatable bonds is 6. The smallest absolute Gasteiger partial charge is 0.243 e. The summed E-state index contributed by atoms with van der Waals surface area (Å²) in [7, 11) is 1.26. The second-order valence-corrected chi connectivity index (χ2v) is 7.69. The molecule has 0 saturated carbocycles. The fourth-order valence-corrected chi connectivity index (χ4v) is 3.89. The Kier molecular flexibility index (Phi) is 6.44. The van der Waals surface area contributed by atoms with Gasteiger partial charge in [0.2, 0.25) is 17.6 Å². The Balaban J connectivity index is 1.63. The van der Waals surface area contributed by atoms with Crippen LogP contribution in [0.3, 0.4) is 0 Å². The van der Waals surface area contributed by atoms with Gasteiger partial charge in [0.1, 0.15) is 0 Å². The lowest BCUT2D eigenvalue weighted by Crippen LogP contribution is -2.53. The molecule has 3 atom stereocenters. The maximum absolute atomic E-state index is 13.8. The summed E-state index contributed by atoms with van der Waals surface area (Å²) in [6, 6.07) is 2.49. The number of nitrogens with zero attached hydrogens (tertiary/aromatic N) is 2. The minimum absolute atomic E-state index is 0.0197. The summed E-state index contributed by atoms with van der Waals surface area (Å²) in [4.78, 5) is 28.3. The van der Waals surface area contributed by atoms with Crippen LogP contribution in [0.15, 0.2) is 12.1 Å². The highest BCUT2D eigenvalue weighted by Gasteiger charge is 2.45. The maximum Gasteiger partial charge on any atom is 0.243 e. The van der Waals surface area contributed by atoms with Crippen molar-refractivity contribution in [2.45, 2.75) is 25.2 Å². The first-order valence-corrected chi connectivity index (χ1v) is 9.63. The molecule has 4 N–H and O–H groups in total. The van der Waals surface area contributed by atoms with E-state index >= 15 is 0 Å². The summed E-state index contributed by atoms with van der Waals surface area (Å²) in [5.74, 6) is -3.84. The van der Waals surface area contributed by atoms with Crippen LogP contribution in [-0.2, 0) is 9.59 Å². The van der Waals surface area contributed by atoms with Crippen molar-refractivity contribution in [3.63, 3.8) is 0 Å². The molecule has 2 heterocycles. The number of piperazine rings is 1. The normalized spacial score (nSPS) is 25.3. The third-order valence-electron chi connectivity index (χ3n) is 5.60. The van der Waals surface area contributed by atoms with E-state index in [-0.39, 0.29) is 18.1 Å². The fraction of sp³-hybridized carbons (Fsp3) is 0.579. The van der Waals surface area contributed by atoms with Crippen molar-refractivity contribution in [3.8, 4) is 5.75 Å². The summed E-state index contributed by atoms with van der Waals surface area (Å²) in [5, 5.41) is 24.3. The monoisotopic (exact) mass is 428 g/mol. The molecule has 0 spiro atoms. The fourth-order valence-electron chi connectivity index (χ4n) is 3.89. The Morgan fingerprint density at radius 1 is 1.33 bits per heavy atom. The number of carbonyl (C=O) groups is 2. The number of methoxy groups -OCH3 is 1. The van der Waals surface area contributed by atoms with Crippen molar-refractivity contribution >= 4 is 17.5 Å². The van der Waals surface area contributed by atoms with Crippen molar-refractivity contribution in [2.24, 2.45) is 5.92 Å². The number of amides is 2. The standard InChI is InChI=1S/C19H26F2N4O5/c1-19(17(28)22-18(29)23-19)9-11(10-26)16(27)25-5-3-24(4-6-25)12-7-13(20)15(21)14(8-12)30-2/h7-8,11,18,23,26,29H,3-6,9-10H2,1-2H3,(H,22,28)/t11-,18?,19-/m1/s1. The Labute approximate surface area is 172 Å². The highest BCUT2D eigenvalue weighted by molar-refractivity contribution is 5.89. The number of anilines is 1. The third kappa shape index (κ3) is 4.32. The van der Waals surface area contributed by atoms with E-state index in [0.717, 1.165) is 6.07 Å². The van der Waals surface area contributed by atoms with Crippen LogP contribution in [-0.4, -0.2) is 78.7 Å². The van der Waals surface area contributed by atoms with Gasteiger partial charge in [0.15, 0.2) is 17.9 Å². The zero-order chi connectivity index (χ0) is 22.1. The van der Waals surface area contributed by atoms with Gasteiger partial charge < -0.3 is 30.1 Å². The van der Waals surface area contributed by atoms with E-state index in [2.05, 4.69) is 10.6 Å². The van der Waals surface area contributed by atoms with Gasteiger partial charge in [-0.2, -0.15) is 4.39 Å². The van der Waals surface area contributed by atoms with E-state index in [0.29, 0.717) is 31.9 Å². The highest BCUT2D eigenvalue weighted by Crippen LogP contribution is 2.28. The lowest BCUT2D eigenvalue weighted by atomic mass is 9.88. The maximum atomic E-state index is 13.8. The highest BCUT2D eigenvalue weighted by atomic mass is 19.2. The van der Waals surface area contributed by atoms with Gasteiger partial charge in [0, 0.05) is 44.0 Å². The Hall–Kier alpha value is -2.50. The van der Waals surface area contributed by atoms with Crippen LogP contribution >= 0.6 is 0 Å². The van der Waals surface area contributed by atoms with Crippen LogP contribution in [0.1, 0.15) is 13.3 Å². The molecule has 0 bridgehead atoms. The molecule has 166 valence electrons. The largest absolute Gasteiger partial charge is 0.493 e. The number of halogens is 2. The van der Waals surface area contributed by atoms with Gasteiger partial charge in [0.25, 0.3) is 0 Å². The van der Waals surface area contributed by atoms with Gasteiger partial charge in [-0.1, -0.05) is 0 Å². The predicted octanol–water partition coefficient (Wildman–Crippen LogP) is -0.625. The SMILES string of the molecule is COc1cc(N2CCN(C(=O)[C@@H](CO)C[C@@]3(C)NC(O)NC3=O)CC2)cc(F)c1F. The number of hydrogen-bond donors (Lipinski definition) is 4. The predicted molar refractivity (Wildman–Crippen MR) is 103 cm³/mol. The first-order valence-electron chi connectivity index (χ1n) is 9.63. The molecule has 3 rings (SSSR count). The second-order valence-electron chi connectivity index (χ2n) is 7.69. The topological polar surface area (TPSA) is 114 Å². The number of aliphatic hydroxyl groups excluding tert-OH is 2. The molecule has 1 aromatic carbocycles. The van der Waals surface area contributed by atoms with Crippen molar-refractivity contribution in [1.29, 1.82) is 0 Å². The van der Waals surface area contributed by atoms with Crippen LogP contribution in [0.2, 0.25) is 0 Å². The molecule has 0 aromatic heterocycles. The zero-order valence-electron chi connectivity index (χ0n) is 16.8. The number of hydrogen-bond acceptors (Lipinski definition) is 7. The van der Waals surface area contributed by atoms with Crippen LogP contribution in [0.5, 0.6) is 5.75 Å². The van der Waals surface area contributed by atoms with Gasteiger partial charge in [-0.15, -0.1) is 0 Å². The van der Waals surface area contributed by atoms with Gasteiger partial charge in [-0.05, 0) is 13.3 Å². The van der Waals surface area contributed by atoms with Gasteiger partial charge in [0.05, 0.1) is 25.2 Å². The molecular formula is C19H26F2N4O5. The zero-order valence-corrected chi connectivity index (χ0v) is 16.8. The Morgan fingerprint density at radius 3 is 2.53 bits per heavy atom. The average Bonchev–Trinajstić information content (AvgIpc) is 2.99. The quantitative estimate of drug-likeness (QED) is 0.477. The summed E-state index contributed by atoms with van der Waals surface area (Å²) in [6.07, 6.45) is -1.18. The summed E-state index contributed by atoms with van der Waals surface area (Å²) in [5.41, 5.74) is -0.725. The number of carbonyl (C=O) groups excluding carboxylic acids is 2. The minimum atomic E-state index is -1.20. The Morgan fingerprint density at radius 2 is 2.00 bits per heavy atom. The number of ether oxygens (including phenoxy) is 1. The third-order valence-corrected chi connectivity index (χ3v) is 5.60. The molecule has 2 amide bonds. The Bertz CT molecular complexity index is 818. The molecule has 2 aliphatic heterocycles. The molecular weight excluding hydrogens is 402 g/mol. The average molecular weight is 428 g/mol. The molecule has 11 heteroatoms. The number of benzene rings is 1. The van der Waals surface area contributed by atoms with E-state index in [9.17, 15) is 28.6 Å². The molecule has 2 aliphatic rings. The van der Waals surface area contributed by atoms with E-state index in [1.807, 2.05) is 4.90 Å². The molecule has 9 nitrogen and oxygen atoms in total. The first kappa shape index (κ1) is 22.2. The van der Waals surface area contributed by atoms with Crippen LogP contribution in [0, 0.1) is 17.6 Å². The molecule has 30 heavy (non-hydrogen) atoms. The summed E-state index contributed by atoms with van der Waals surface area (Å²) >= 11 is 0. The summed E-state index contributed by atoms with van der Waals surface area (Å²) < 4.78 is 32.3. The van der Waals surface area contributed by atoms with Crippen molar-refractivity contribution in [3.05, 3.63) is 23.8 Å². The van der Waals surface area contributed by atoms with E-state index in [1.165, 1.54) is 13.2 Å². The van der Waals surface area contributed by atoms with Crippen molar-refractivity contribution < 1.29 is 33.3 Å². The molecule has 1 unspecified atom stereocenters. The second kappa shape index (κ2) is 8.70. The molecule has 0 aliphatic carbocycles. The molecule has 1 aromatic rings. The number of nitrogens with one attached hydrogen (secondary N) is 2. The summed E-state index contributed by atoms with van der Waals surface area (Å²) in [6.45, 7) is 2.51. The van der Waals surface area contributed by atoms with Crippen LogP contribution in [0.4, 0.5) is 14.5 Å². The lowest BCUT2D eigenvalue weighted by molar-refractivity contribution is -0.138. The minimum Gasteiger partial charge on any atom is -0.493 e. The van der Waals surface area contributed by atoms with E-state index in [4.69, 9.17) is 4.74 Å². The van der Waals surface area contributed by atoms with E-state index < -0.39 is 42.0 Å². The van der Waals surface area contributed by atoms with Gasteiger partial charge >= 0.3 is 0 Å². The van der Waals surface area contributed by atoms with Crippen molar-refractivity contribution in [1.82, 2.24) is 15.5 Å². The van der Waals surface area contributed by atoms with Crippen molar-refractivity contribution in [2.75, 3.05) is 44.8 Å². The van der Waals surface area contributed by atoms with Gasteiger partial charge in [-0.3, -0.25) is 14.9 Å². The molecule has 2 fully saturated rings. The lowest BCUT2D eigenvalue weighted by Gasteiger charge is -2.38. The first-order chi connectivity index (χ1) is 14.2. The molecule has 0 radical (unpaired) electrons. The van der Waals surface area contributed by atoms with E-state index in [1.54, 1.807) is 11.8 Å².